The number of aromatic amines is 1. The normalized spacial score (nSPS) is 16.3. The van der Waals surface area contributed by atoms with Gasteiger partial charge in [-0.2, -0.15) is 5.10 Å². The molecule has 0 aromatic carbocycles. The van der Waals surface area contributed by atoms with Crippen LogP contribution in [0, 0.1) is 5.92 Å². The summed E-state index contributed by atoms with van der Waals surface area (Å²) in [6.45, 7) is 2.06. The number of nitrogens with one attached hydrogen (secondary N) is 2. The van der Waals surface area contributed by atoms with Crippen molar-refractivity contribution in [1.29, 1.82) is 0 Å². The molecule has 1 fully saturated rings. The second kappa shape index (κ2) is 4.42. The molecule has 0 spiro atoms. The molecule has 0 unspecified atom stereocenters. The number of hydrogen-bond acceptors (Lipinski definition) is 2. The van der Waals surface area contributed by atoms with Gasteiger partial charge in [0.25, 0.3) is 0 Å². The van der Waals surface area contributed by atoms with Gasteiger partial charge in [-0.1, -0.05) is 12.8 Å². The van der Waals surface area contributed by atoms with Gasteiger partial charge in [-0.05, 0) is 31.4 Å². The number of hydrogen-bond donors (Lipinski definition) is 2. The highest BCUT2D eigenvalue weighted by Gasteiger charge is 2.19. The Morgan fingerprint density at radius 1 is 1.54 bits per heavy atom. The van der Waals surface area contributed by atoms with E-state index in [2.05, 4.69) is 15.5 Å². The first-order valence-electron chi connectivity index (χ1n) is 5.14. The molecule has 1 aliphatic carbocycles. The van der Waals surface area contributed by atoms with Crippen molar-refractivity contribution < 1.29 is 0 Å². The molecule has 1 aliphatic rings. The van der Waals surface area contributed by atoms with E-state index in [-0.39, 0.29) is 0 Å². The van der Waals surface area contributed by atoms with E-state index < -0.39 is 0 Å². The molecule has 1 heterocycles. The van der Waals surface area contributed by atoms with Crippen LogP contribution in [0.4, 0.5) is 0 Å². The molecular formula is C10H17N3. The SMILES string of the molecule is c1cc(CNCCCC2CC2)[nH]n1. The Morgan fingerprint density at radius 3 is 3.15 bits per heavy atom. The lowest BCUT2D eigenvalue weighted by atomic mass is 10.2. The number of rotatable bonds is 6. The third-order valence-corrected chi connectivity index (χ3v) is 2.54. The maximum atomic E-state index is 3.89. The van der Waals surface area contributed by atoms with Crippen LogP contribution in [-0.2, 0) is 6.54 Å². The molecule has 2 N–H and O–H groups in total. The van der Waals surface area contributed by atoms with Crippen molar-refractivity contribution >= 4 is 0 Å². The highest BCUT2D eigenvalue weighted by atomic mass is 15.1. The quantitative estimate of drug-likeness (QED) is 0.652. The fourth-order valence-electron chi connectivity index (χ4n) is 1.53. The monoisotopic (exact) mass is 179 g/mol. The van der Waals surface area contributed by atoms with Gasteiger partial charge >= 0.3 is 0 Å². The molecule has 1 aromatic heterocycles. The van der Waals surface area contributed by atoms with Crippen molar-refractivity contribution in [3.63, 3.8) is 0 Å². The van der Waals surface area contributed by atoms with Crippen LogP contribution in [0.1, 0.15) is 31.4 Å². The van der Waals surface area contributed by atoms with Gasteiger partial charge in [-0.25, -0.2) is 0 Å². The van der Waals surface area contributed by atoms with Crippen molar-refractivity contribution in [3.05, 3.63) is 18.0 Å². The van der Waals surface area contributed by atoms with Gasteiger partial charge in [-0.15, -0.1) is 0 Å². The minimum absolute atomic E-state index is 0.921. The van der Waals surface area contributed by atoms with Crippen LogP contribution in [0.25, 0.3) is 0 Å². The van der Waals surface area contributed by atoms with Gasteiger partial charge in [0, 0.05) is 18.4 Å². The highest BCUT2D eigenvalue weighted by Crippen LogP contribution is 2.33. The van der Waals surface area contributed by atoms with Crippen molar-refractivity contribution in [2.45, 2.75) is 32.2 Å². The molecule has 1 aromatic rings. The Morgan fingerprint density at radius 2 is 2.46 bits per heavy atom. The van der Waals surface area contributed by atoms with E-state index in [0.29, 0.717) is 0 Å². The Kier molecular flexibility index (Phi) is 2.98. The number of aromatic nitrogens is 2. The van der Waals surface area contributed by atoms with Crippen LogP contribution >= 0.6 is 0 Å². The van der Waals surface area contributed by atoms with Gasteiger partial charge < -0.3 is 5.32 Å². The van der Waals surface area contributed by atoms with E-state index in [0.717, 1.165) is 19.0 Å². The predicted octanol–water partition coefficient (Wildman–Crippen LogP) is 1.69. The minimum Gasteiger partial charge on any atom is -0.311 e. The molecular weight excluding hydrogens is 162 g/mol. The Bertz CT molecular complexity index is 226. The van der Waals surface area contributed by atoms with Crippen LogP contribution < -0.4 is 5.32 Å². The van der Waals surface area contributed by atoms with E-state index in [1.807, 2.05) is 6.07 Å². The third-order valence-electron chi connectivity index (χ3n) is 2.54. The zero-order chi connectivity index (χ0) is 8.93. The molecule has 2 rings (SSSR count). The van der Waals surface area contributed by atoms with Crippen LogP contribution in [0.15, 0.2) is 12.3 Å². The van der Waals surface area contributed by atoms with Crippen LogP contribution in [0.3, 0.4) is 0 Å². The van der Waals surface area contributed by atoms with Gasteiger partial charge in [0.1, 0.15) is 0 Å². The van der Waals surface area contributed by atoms with E-state index in [1.165, 1.54) is 31.4 Å². The molecule has 0 radical (unpaired) electrons. The minimum atomic E-state index is 0.921. The summed E-state index contributed by atoms with van der Waals surface area (Å²) in [5.74, 6) is 1.06. The van der Waals surface area contributed by atoms with E-state index in [1.54, 1.807) is 6.20 Å². The molecule has 0 bridgehead atoms. The summed E-state index contributed by atoms with van der Waals surface area (Å²) in [5.41, 5.74) is 1.17. The molecule has 72 valence electrons. The van der Waals surface area contributed by atoms with Crippen LogP contribution in [-0.4, -0.2) is 16.7 Å². The third kappa shape index (κ3) is 3.19. The molecule has 0 amide bonds. The Balaban J connectivity index is 1.48. The Hall–Kier alpha value is -0.830. The fourth-order valence-corrected chi connectivity index (χ4v) is 1.53. The second-order valence-corrected chi connectivity index (χ2v) is 3.84. The topological polar surface area (TPSA) is 40.7 Å². The molecule has 0 saturated heterocycles. The molecule has 3 nitrogen and oxygen atoms in total. The first-order chi connectivity index (χ1) is 6.45. The Labute approximate surface area is 78.9 Å². The maximum Gasteiger partial charge on any atom is 0.0490 e. The smallest absolute Gasteiger partial charge is 0.0490 e. The average molecular weight is 179 g/mol. The van der Waals surface area contributed by atoms with E-state index in [4.69, 9.17) is 0 Å². The summed E-state index contributed by atoms with van der Waals surface area (Å²) in [4.78, 5) is 0. The lowest BCUT2D eigenvalue weighted by molar-refractivity contribution is 0.589. The molecule has 13 heavy (non-hydrogen) atoms. The average Bonchev–Trinajstić information content (AvgIpc) is 2.81. The zero-order valence-electron chi connectivity index (χ0n) is 7.92. The fraction of sp³-hybridized carbons (Fsp3) is 0.700. The molecule has 0 atom stereocenters. The maximum absolute atomic E-state index is 3.89. The number of H-pyrrole nitrogens is 1. The number of nitrogens with zero attached hydrogens (tertiary/aromatic N) is 1. The largest absolute Gasteiger partial charge is 0.311 e. The van der Waals surface area contributed by atoms with Gasteiger partial charge in [0.05, 0.1) is 0 Å². The van der Waals surface area contributed by atoms with Crippen LogP contribution in [0.2, 0.25) is 0 Å². The first kappa shape index (κ1) is 8.75. The van der Waals surface area contributed by atoms with Crippen molar-refractivity contribution in [2.24, 2.45) is 5.92 Å². The lowest BCUT2D eigenvalue weighted by Crippen LogP contribution is -2.15. The van der Waals surface area contributed by atoms with Crippen molar-refractivity contribution in [1.82, 2.24) is 15.5 Å². The van der Waals surface area contributed by atoms with Gasteiger partial charge in [0.15, 0.2) is 0 Å². The van der Waals surface area contributed by atoms with Crippen molar-refractivity contribution in [3.8, 4) is 0 Å². The zero-order valence-corrected chi connectivity index (χ0v) is 7.92. The molecule has 1 saturated carbocycles. The summed E-state index contributed by atoms with van der Waals surface area (Å²) < 4.78 is 0. The first-order valence-corrected chi connectivity index (χ1v) is 5.14. The summed E-state index contributed by atoms with van der Waals surface area (Å²) in [5, 5.41) is 10.2. The van der Waals surface area contributed by atoms with Gasteiger partial charge in [-0.3, -0.25) is 5.10 Å². The van der Waals surface area contributed by atoms with E-state index >= 15 is 0 Å². The lowest BCUT2D eigenvalue weighted by Gasteiger charge is -2.01. The predicted molar refractivity (Wildman–Crippen MR) is 52.3 cm³/mol. The molecule has 3 heteroatoms. The highest BCUT2D eigenvalue weighted by molar-refractivity contribution is 4.96. The standard InChI is InChI=1S/C10H17N3/c1(2-9-3-4-9)6-11-8-10-5-7-12-13-10/h5,7,9,11H,1-4,6,8H2,(H,12,13). The summed E-state index contributed by atoms with van der Waals surface area (Å²) in [6, 6.07) is 2.01. The summed E-state index contributed by atoms with van der Waals surface area (Å²) in [6.07, 6.45) is 7.47. The van der Waals surface area contributed by atoms with Crippen molar-refractivity contribution in [2.75, 3.05) is 6.54 Å². The van der Waals surface area contributed by atoms with Gasteiger partial charge in [0.2, 0.25) is 0 Å². The second-order valence-electron chi connectivity index (χ2n) is 3.84. The summed E-state index contributed by atoms with van der Waals surface area (Å²) in [7, 11) is 0. The van der Waals surface area contributed by atoms with Crippen LogP contribution in [0.5, 0.6) is 0 Å². The summed E-state index contributed by atoms with van der Waals surface area (Å²) >= 11 is 0. The van der Waals surface area contributed by atoms with E-state index in [9.17, 15) is 0 Å². The molecule has 0 aliphatic heterocycles.